The van der Waals surface area contributed by atoms with Crippen LogP contribution in [0.5, 0.6) is 0 Å². The monoisotopic (exact) mass is 323 g/mol. The van der Waals surface area contributed by atoms with E-state index in [1.807, 2.05) is 0 Å². The van der Waals surface area contributed by atoms with E-state index in [1.165, 1.54) is 11.1 Å². The van der Waals surface area contributed by atoms with Crippen LogP contribution < -0.4 is 0 Å². The van der Waals surface area contributed by atoms with Crippen LogP contribution >= 0.6 is 0 Å². The maximum atomic E-state index is 11.5. The van der Waals surface area contributed by atoms with Crippen LogP contribution in [0.25, 0.3) is 0 Å². The lowest BCUT2D eigenvalue weighted by atomic mass is 9.69. The molecule has 2 aromatic rings. The highest BCUT2D eigenvalue weighted by Crippen LogP contribution is 2.50. The first-order valence-corrected chi connectivity index (χ1v) is 9.11. The van der Waals surface area contributed by atoms with E-state index in [4.69, 9.17) is 0 Å². The lowest BCUT2D eigenvalue weighted by Crippen LogP contribution is -2.52. The molecule has 1 fully saturated rings. The van der Waals surface area contributed by atoms with E-state index >= 15 is 0 Å². The molecule has 2 heteroatoms. The summed E-state index contributed by atoms with van der Waals surface area (Å²) in [5.41, 5.74) is 1.97. The third-order valence-electron chi connectivity index (χ3n) is 5.81. The number of aliphatic hydroxyl groups is 1. The summed E-state index contributed by atoms with van der Waals surface area (Å²) in [4.78, 5) is 2.46. The van der Waals surface area contributed by atoms with Gasteiger partial charge >= 0.3 is 0 Å². The lowest BCUT2D eigenvalue weighted by molar-refractivity contribution is -0.118. The summed E-state index contributed by atoms with van der Waals surface area (Å²) >= 11 is 0. The van der Waals surface area contributed by atoms with Gasteiger partial charge in [0.25, 0.3) is 0 Å². The topological polar surface area (TPSA) is 23.5 Å². The van der Waals surface area contributed by atoms with Crippen LogP contribution in [0.4, 0.5) is 0 Å². The van der Waals surface area contributed by atoms with Gasteiger partial charge in [0.2, 0.25) is 0 Å². The minimum atomic E-state index is -0.623. The summed E-state index contributed by atoms with van der Waals surface area (Å²) in [7, 11) is 2.21. The fourth-order valence-corrected chi connectivity index (χ4v) is 4.47. The van der Waals surface area contributed by atoms with Crippen LogP contribution in [-0.2, 0) is 0 Å². The first kappa shape index (κ1) is 17.2. The zero-order valence-electron chi connectivity index (χ0n) is 15.0. The highest BCUT2D eigenvalue weighted by molar-refractivity contribution is 5.26. The van der Waals surface area contributed by atoms with Gasteiger partial charge in [-0.2, -0.15) is 0 Å². The van der Waals surface area contributed by atoms with Crippen LogP contribution in [0.2, 0.25) is 0 Å². The number of benzene rings is 2. The van der Waals surface area contributed by atoms with Crippen molar-refractivity contribution in [1.82, 2.24) is 4.90 Å². The summed E-state index contributed by atoms with van der Waals surface area (Å²) in [5.74, 6) is 0.199. The van der Waals surface area contributed by atoms with Crippen LogP contribution in [0, 0.1) is 5.92 Å². The third-order valence-corrected chi connectivity index (χ3v) is 5.81. The summed E-state index contributed by atoms with van der Waals surface area (Å²) < 4.78 is 0. The number of hydrogen-bond acceptors (Lipinski definition) is 2. The molecule has 3 rings (SSSR count). The second-order valence-corrected chi connectivity index (χ2v) is 7.29. The lowest BCUT2D eigenvalue weighted by Gasteiger charge is -2.52. The Bertz CT molecular complexity index is 642. The number of piperidine rings is 1. The van der Waals surface area contributed by atoms with E-state index < -0.39 is 5.60 Å². The van der Waals surface area contributed by atoms with Crippen molar-refractivity contribution in [2.75, 3.05) is 7.05 Å². The van der Waals surface area contributed by atoms with Gasteiger partial charge in [0.15, 0.2) is 0 Å². The fraction of sp³-hybridized carbons (Fsp3) is 0.455. The Morgan fingerprint density at radius 2 is 1.54 bits per heavy atom. The van der Waals surface area contributed by atoms with Gasteiger partial charge in [-0.05, 0) is 31.0 Å². The molecule has 0 aromatic heterocycles. The highest BCUT2D eigenvalue weighted by Gasteiger charge is 2.48. The molecule has 24 heavy (non-hydrogen) atoms. The molecule has 4 atom stereocenters. The molecule has 0 saturated carbocycles. The molecule has 2 aromatic carbocycles. The fourth-order valence-electron chi connectivity index (χ4n) is 4.47. The molecule has 0 spiro atoms. The molecular formula is C22H29NO. The molecule has 1 heterocycles. The van der Waals surface area contributed by atoms with Crippen molar-refractivity contribution in [2.24, 2.45) is 5.92 Å². The van der Waals surface area contributed by atoms with Crippen LogP contribution in [0.1, 0.15) is 56.3 Å². The van der Waals surface area contributed by atoms with E-state index in [9.17, 15) is 5.11 Å². The summed E-state index contributed by atoms with van der Waals surface area (Å²) in [6.45, 7) is 4.38. The van der Waals surface area contributed by atoms with E-state index in [2.05, 4.69) is 86.5 Å². The van der Waals surface area contributed by atoms with Crippen molar-refractivity contribution in [3.05, 3.63) is 71.8 Å². The molecule has 0 bridgehead atoms. The Balaban J connectivity index is 2.03. The Morgan fingerprint density at radius 3 is 2.08 bits per heavy atom. The highest BCUT2D eigenvalue weighted by atomic mass is 16.3. The molecule has 128 valence electrons. The molecule has 1 N–H and O–H groups in total. The average molecular weight is 323 g/mol. The van der Waals surface area contributed by atoms with E-state index in [0.29, 0.717) is 0 Å². The molecular weight excluding hydrogens is 294 g/mol. The smallest absolute Gasteiger partial charge is 0.0709 e. The number of rotatable bonds is 4. The predicted octanol–water partition coefficient (Wildman–Crippen LogP) is 4.97. The second-order valence-electron chi connectivity index (χ2n) is 7.29. The molecule has 2 nitrogen and oxygen atoms in total. The number of hydrogen-bond donors (Lipinski definition) is 1. The second kappa shape index (κ2) is 7.08. The Morgan fingerprint density at radius 1 is 1.00 bits per heavy atom. The summed E-state index contributed by atoms with van der Waals surface area (Å²) in [5, 5.41) is 11.5. The molecule has 1 aliphatic heterocycles. The van der Waals surface area contributed by atoms with Crippen LogP contribution in [-0.4, -0.2) is 22.7 Å². The summed E-state index contributed by atoms with van der Waals surface area (Å²) in [6.07, 6.45) is 2.66. The van der Waals surface area contributed by atoms with Gasteiger partial charge in [-0.3, -0.25) is 4.90 Å². The third kappa shape index (κ3) is 3.13. The number of nitrogens with zero attached hydrogens (tertiary/aromatic N) is 1. The Kier molecular flexibility index (Phi) is 5.07. The standard InChI is InChI=1S/C22H29NO/c1-4-15-22(24)16-20(18-11-7-5-8-12-18)23(3)21(17(22)2)19-13-9-6-10-14-19/h5-14,17,20-21,24H,4,15-16H2,1-3H3/t17-,20-,21-,22+/m1/s1. The van der Waals surface area contributed by atoms with E-state index in [1.54, 1.807) is 0 Å². The molecule has 1 saturated heterocycles. The molecule has 0 unspecified atom stereocenters. The average Bonchev–Trinajstić information content (AvgIpc) is 2.61. The Hall–Kier alpha value is -1.64. The van der Waals surface area contributed by atoms with Gasteiger partial charge in [0.05, 0.1) is 5.60 Å². The SMILES string of the molecule is CCC[C@]1(O)C[C@H](c2ccccc2)N(C)[C@@H](c2ccccc2)[C@H]1C. The first-order valence-electron chi connectivity index (χ1n) is 9.11. The maximum Gasteiger partial charge on any atom is 0.0709 e. The van der Waals surface area contributed by atoms with Crippen molar-refractivity contribution in [1.29, 1.82) is 0 Å². The Labute approximate surface area is 146 Å². The minimum absolute atomic E-state index is 0.199. The molecule has 0 amide bonds. The van der Waals surface area contributed by atoms with E-state index in [-0.39, 0.29) is 18.0 Å². The first-order chi connectivity index (χ1) is 11.6. The largest absolute Gasteiger partial charge is 0.389 e. The minimum Gasteiger partial charge on any atom is -0.389 e. The number of likely N-dealkylation sites (tertiary alicyclic amines) is 1. The van der Waals surface area contributed by atoms with Gasteiger partial charge in [-0.25, -0.2) is 0 Å². The van der Waals surface area contributed by atoms with Crippen LogP contribution in [0.3, 0.4) is 0 Å². The molecule has 0 radical (unpaired) electrons. The van der Waals surface area contributed by atoms with Gasteiger partial charge < -0.3 is 5.11 Å². The molecule has 0 aliphatic carbocycles. The van der Waals surface area contributed by atoms with Gasteiger partial charge in [-0.1, -0.05) is 80.9 Å². The van der Waals surface area contributed by atoms with E-state index in [0.717, 1.165) is 19.3 Å². The van der Waals surface area contributed by atoms with Crippen molar-refractivity contribution >= 4 is 0 Å². The van der Waals surface area contributed by atoms with Gasteiger partial charge in [0, 0.05) is 18.0 Å². The van der Waals surface area contributed by atoms with Crippen molar-refractivity contribution in [3.63, 3.8) is 0 Å². The zero-order chi connectivity index (χ0) is 17.2. The normalized spacial score (nSPS) is 31.1. The summed E-state index contributed by atoms with van der Waals surface area (Å²) in [6, 6.07) is 21.7. The van der Waals surface area contributed by atoms with Crippen molar-refractivity contribution < 1.29 is 5.11 Å². The van der Waals surface area contributed by atoms with Gasteiger partial charge in [0.1, 0.15) is 0 Å². The van der Waals surface area contributed by atoms with Gasteiger partial charge in [-0.15, -0.1) is 0 Å². The van der Waals surface area contributed by atoms with Crippen molar-refractivity contribution in [3.8, 4) is 0 Å². The van der Waals surface area contributed by atoms with Crippen LogP contribution in [0.15, 0.2) is 60.7 Å². The maximum absolute atomic E-state index is 11.5. The molecule has 1 aliphatic rings. The van der Waals surface area contributed by atoms with Crippen molar-refractivity contribution in [2.45, 2.75) is 50.8 Å². The zero-order valence-corrected chi connectivity index (χ0v) is 15.0. The predicted molar refractivity (Wildman–Crippen MR) is 99.8 cm³/mol. The quantitative estimate of drug-likeness (QED) is 0.858.